The number of ketones is 1. The van der Waals surface area contributed by atoms with E-state index in [0.29, 0.717) is 32.6 Å². The molecule has 1 aliphatic rings. The first-order chi connectivity index (χ1) is 9.81. The lowest BCUT2D eigenvalue weighted by Gasteiger charge is -2.18. The van der Waals surface area contributed by atoms with Crippen molar-refractivity contribution in [3.63, 3.8) is 0 Å². The van der Waals surface area contributed by atoms with Crippen molar-refractivity contribution in [1.82, 2.24) is 0 Å². The van der Waals surface area contributed by atoms with E-state index in [1.54, 1.807) is 31.2 Å². The van der Waals surface area contributed by atoms with Gasteiger partial charge in [0.25, 0.3) is 0 Å². The Balaban J connectivity index is 2.52. The predicted octanol–water partition coefficient (Wildman–Crippen LogP) is 5.74. The Labute approximate surface area is 139 Å². The van der Waals surface area contributed by atoms with E-state index < -0.39 is 0 Å². The number of allylic oxidation sites excluding steroid dienone is 4. The zero-order valence-corrected chi connectivity index (χ0v) is 14.1. The van der Waals surface area contributed by atoms with Gasteiger partial charge in [0.2, 0.25) is 5.78 Å². The summed E-state index contributed by atoms with van der Waals surface area (Å²) in [6, 6.07) is 5.13. The molecule has 0 amide bonds. The van der Waals surface area contributed by atoms with Crippen LogP contribution in [-0.2, 0) is 4.79 Å². The number of hydrogen-bond donors (Lipinski definition) is 0. The number of carbonyl (C=O) groups is 1. The molecule has 2 nitrogen and oxygen atoms in total. The van der Waals surface area contributed by atoms with Gasteiger partial charge in [-0.1, -0.05) is 48.7 Å². The molecule has 0 atom stereocenters. The van der Waals surface area contributed by atoms with Crippen LogP contribution in [0.4, 0.5) is 5.69 Å². The molecule has 1 aromatic rings. The standard InChI is InChI=1S/C16H14Cl3NO/c1-8(2)11-7-14(9(3)15(19)16(11)21)20-10-4-5-12(17)13(18)6-10/h4-8H,1-3H3. The van der Waals surface area contributed by atoms with Crippen molar-refractivity contribution in [1.29, 1.82) is 0 Å². The van der Waals surface area contributed by atoms with Crippen LogP contribution in [0.25, 0.3) is 0 Å². The van der Waals surface area contributed by atoms with Gasteiger partial charge in [0.05, 0.1) is 26.5 Å². The van der Waals surface area contributed by atoms with Crippen LogP contribution in [0.2, 0.25) is 10.0 Å². The molecule has 0 aliphatic heterocycles. The second-order valence-corrected chi connectivity index (χ2v) is 6.31. The summed E-state index contributed by atoms with van der Waals surface area (Å²) in [5.41, 5.74) is 2.65. The van der Waals surface area contributed by atoms with Gasteiger partial charge in [0.15, 0.2) is 0 Å². The van der Waals surface area contributed by atoms with Crippen LogP contribution in [-0.4, -0.2) is 11.5 Å². The maximum atomic E-state index is 12.1. The fraction of sp³-hybridized carbons (Fsp3) is 0.250. The molecule has 0 N–H and O–H groups in total. The number of aliphatic imine (C=N–C) groups is 1. The van der Waals surface area contributed by atoms with Gasteiger partial charge >= 0.3 is 0 Å². The van der Waals surface area contributed by atoms with Gasteiger partial charge in [0, 0.05) is 5.57 Å². The summed E-state index contributed by atoms with van der Waals surface area (Å²) in [5.74, 6) is -0.0457. The van der Waals surface area contributed by atoms with E-state index in [4.69, 9.17) is 34.8 Å². The lowest BCUT2D eigenvalue weighted by Crippen LogP contribution is -2.18. The zero-order chi connectivity index (χ0) is 15.7. The maximum absolute atomic E-state index is 12.1. The minimum Gasteiger partial charge on any atom is -0.288 e. The van der Waals surface area contributed by atoms with Crippen molar-refractivity contribution < 1.29 is 4.79 Å². The molecule has 0 bridgehead atoms. The molecule has 0 heterocycles. The molecule has 0 fully saturated rings. The summed E-state index contributed by atoms with van der Waals surface area (Å²) in [5, 5.41) is 1.13. The summed E-state index contributed by atoms with van der Waals surface area (Å²) >= 11 is 18.0. The number of Topliss-reactive ketones (excluding diaryl/α,β-unsaturated/α-hetero) is 1. The molecule has 0 spiro atoms. The smallest absolute Gasteiger partial charge is 0.201 e. The van der Waals surface area contributed by atoms with Gasteiger partial charge in [0.1, 0.15) is 0 Å². The van der Waals surface area contributed by atoms with Crippen molar-refractivity contribution >= 4 is 52.0 Å². The molecule has 21 heavy (non-hydrogen) atoms. The first kappa shape index (κ1) is 16.3. The number of rotatable bonds is 2. The van der Waals surface area contributed by atoms with Crippen LogP contribution in [0, 0.1) is 5.92 Å². The van der Waals surface area contributed by atoms with Crippen LogP contribution >= 0.6 is 34.8 Å². The van der Waals surface area contributed by atoms with Gasteiger partial charge in [-0.25, -0.2) is 4.99 Å². The Kier molecular flexibility index (Phi) is 4.92. The molecule has 0 unspecified atom stereocenters. The number of nitrogens with zero attached hydrogens (tertiary/aromatic N) is 1. The second kappa shape index (κ2) is 6.35. The first-order valence-electron chi connectivity index (χ1n) is 6.48. The van der Waals surface area contributed by atoms with Gasteiger partial charge in [-0.15, -0.1) is 0 Å². The van der Waals surface area contributed by atoms with E-state index in [1.807, 2.05) is 13.8 Å². The highest BCUT2D eigenvalue weighted by Crippen LogP contribution is 2.30. The van der Waals surface area contributed by atoms with Gasteiger partial charge < -0.3 is 0 Å². The van der Waals surface area contributed by atoms with Crippen LogP contribution in [0.15, 0.2) is 45.4 Å². The normalized spacial score (nSPS) is 17.8. The third kappa shape index (κ3) is 3.39. The molecule has 1 aliphatic carbocycles. The van der Waals surface area contributed by atoms with E-state index in [0.717, 1.165) is 0 Å². The number of halogens is 3. The second-order valence-electron chi connectivity index (χ2n) is 5.12. The highest BCUT2D eigenvalue weighted by atomic mass is 35.5. The van der Waals surface area contributed by atoms with E-state index in [2.05, 4.69) is 4.99 Å². The molecule has 0 saturated heterocycles. The van der Waals surface area contributed by atoms with Crippen molar-refractivity contribution in [3.8, 4) is 0 Å². The van der Waals surface area contributed by atoms with Gasteiger partial charge in [-0.2, -0.15) is 0 Å². The van der Waals surface area contributed by atoms with Crippen LogP contribution in [0.5, 0.6) is 0 Å². The molecular formula is C16H14Cl3NO. The van der Waals surface area contributed by atoms with Gasteiger partial charge in [-0.05, 0) is 42.7 Å². The lowest BCUT2D eigenvalue weighted by atomic mass is 9.90. The third-order valence-corrected chi connectivity index (χ3v) is 4.44. The summed E-state index contributed by atoms with van der Waals surface area (Å²) in [6.45, 7) is 5.68. The first-order valence-corrected chi connectivity index (χ1v) is 7.61. The average Bonchev–Trinajstić information content (AvgIpc) is 2.43. The summed E-state index contributed by atoms with van der Waals surface area (Å²) < 4.78 is 0. The third-order valence-electron chi connectivity index (χ3n) is 3.24. The Morgan fingerprint density at radius 2 is 1.76 bits per heavy atom. The summed E-state index contributed by atoms with van der Waals surface area (Å²) in [6.07, 6.45) is 1.79. The average molecular weight is 343 g/mol. The molecule has 0 aromatic heterocycles. The number of hydrogen-bond acceptors (Lipinski definition) is 2. The van der Waals surface area contributed by atoms with E-state index >= 15 is 0 Å². The Morgan fingerprint density at radius 3 is 2.33 bits per heavy atom. The highest BCUT2D eigenvalue weighted by Gasteiger charge is 2.25. The molecule has 2 rings (SSSR count). The van der Waals surface area contributed by atoms with Crippen molar-refractivity contribution in [2.24, 2.45) is 10.9 Å². The highest BCUT2D eigenvalue weighted by molar-refractivity contribution is 6.49. The minimum absolute atomic E-state index is 0.0818. The molecular weight excluding hydrogens is 329 g/mol. The quantitative estimate of drug-likeness (QED) is 0.630. The topological polar surface area (TPSA) is 29.4 Å². The molecule has 110 valence electrons. The molecule has 5 heteroatoms. The van der Waals surface area contributed by atoms with Crippen molar-refractivity contribution in [2.75, 3.05) is 0 Å². The largest absolute Gasteiger partial charge is 0.288 e. The molecule has 0 radical (unpaired) electrons. The Hall–Kier alpha value is -1.09. The monoisotopic (exact) mass is 341 g/mol. The van der Waals surface area contributed by atoms with Crippen LogP contribution in [0.3, 0.4) is 0 Å². The zero-order valence-electron chi connectivity index (χ0n) is 11.9. The Morgan fingerprint density at radius 1 is 1.10 bits per heavy atom. The van der Waals surface area contributed by atoms with Crippen LogP contribution < -0.4 is 0 Å². The molecule has 0 saturated carbocycles. The van der Waals surface area contributed by atoms with Crippen molar-refractivity contribution in [2.45, 2.75) is 20.8 Å². The fourth-order valence-corrected chi connectivity index (χ4v) is 2.47. The summed E-state index contributed by atoms with van der Waals surface area (Å²) in [7, 11) is 0. The fourth-order valence-electron chi connectivity index (χ4n) is 1.97. The lowest BCUT2D eigenvalue weighted by molar-refractivity contribution is -0.112. The van der Waals surface area contributed by atoms with Crippen LogP contribution in [0.1, 0.15) is 20.8 Å². The summed E-state index contributed by atoms with van der Waals surface area (Å²) in [4.78, 5) is 16.6. The SMILES string of the molecule is CC1=C(Cl)C(=O)C(C(C)C)=CC1=Nc1ccc(Cl)c(Cl)c1. The minimum atomic E-state index is -0.128. The maximum Gasteiger partial charge on any atom is 0.201 e. The molecule has 1 aromatic carbocycles. The number of benzene rings is 1. The van der Waals surface area contributed by atoms with E-state index in [1.165, 1.54) is 0 Å². The predicted molar refractivity (Wildman–Crippen MR) is 90.0 cm³/mol. The van der Waals surface area contributed by atoms with Gasteiger partial charge in [-0.3, -0.25) is 4.79 Å². The Bertz CT molecular complexity index is 699. The van der Waals surface area contributed by atoms with E-state index in [9.17, 15) is 4.79 Å². The van der Waals surface area contributed by atoms with E-state index in [-0.39, 0.29) is 16.7 Å². The van der Waals surface area contributed by atoms with Crippen molar-refractivity contribution in [3.05, 3.63) is 50.5 Å². The number of carbonyl (C=O) groups excluding carboxylic acids is 1.